The normalized spacial score (nSPS) is 12.3. The monoisotopic (exact) mass is 718 g/mol. The average Bonchev–Trinajstić information content (AvgIpc) is 3.70. The zero-order valence-electron chi connectivity index (χ0n) is 30.5. The standard InChI is InChI=1S/C46H46N4O4/c1-54-45(53)41(49-44(52)42(32-36-20-9-3-10-21-36)48-43(51)31-30-35-18-7-2-8-19-35)29-17-28-40-33-50(34-47-40)46(37-22-11-4-12-23-37,38-24-13-5-14-25-38)39-26-15-6-16-27-39/h2-16,18-27,33-34,41-42H,17,28-32H2,1H3,(H,48,51)(H,49,52)/t41?,42-/m1/s1. The molecule has 0 bridgehead atoms. The molecule has 0 aliphatic rings. The van der Waals surface area contributed by atoms with Gasteiger partial charge in [-0.25, -0.2) is 9.78 Å². The largest absolute Gasteiger partial charge is 0.467 e. The van der Waals surface area contributed by atoms with Crippen LogP contribution < -0.4 is 10.6 Å². The molecule has 1 unspecified atom stereocenters. The Morgan fingerprint density at radius 1 is 0.648 bits per heavy atom. The van der Waals surface area contributed by atoms with Crippen LogP contribution in [0.5, 0.6) is 0 Å². The maximum Gasteiger partial charge on any atom is 0.328 e. The van der Waals surface area contributed by atoms with E-state index in [4.69, 9.17) is 9.72 Å². The lowest BCUT2D eigenvalue weighted by Crippen LogP contribution is -2.52. The van der Waals surface area contributed by atoms with Gasteiger partial charge in [-0.2, -0.15) is 0 Å². The molecule has 2 atom stereocenters. The molecule has 2 N–H and O–H groups in total. The number of nitrogens with one attached hydrogen (secondary N) is 2. The Bertz CT molecular complexity index is 1970. The van der Waals surface area contributed by atoms with Crippen LogP contribution in [0.1, 0.15) is 52.8 Å². The first-order valence-corrected chi connectivity index (χ1v) is 18.4. The summed E-state index contributed by atoms with van der Waals surface area (Å²) in [5, 5.41) is 5.81. The minimum atomic E-state index is -0.902. The van der Waals surface area contributed by atoms with Gasteiger partial charge in [-0.15, -0.1) is 0 Å². The van der Waals surface area contributed by atoms with Crippen molar-refractivity contribution in [1.82, 2.24) is 20.2 Å². The molecule has 6 aromatic rings. The smallest absolute Gasteiger partial charge is 0.328 e. The van der Waals surface area contributed by atoms with Gasteiger partial charge < -0.3 is 19.9 Å². The number of ether oxygens (including phenoxy) is 1. The molecule has 1 aromatic heterocycles. The lowest BCUT2D eigenvalue weighted by atomic mass is 9.77. The van der Waals surface area contributed by atoms with Crippen molar-refractivity contribution >= 4 is 17.8 Å². The summed E-state index contributed by atoms with van der Waals surface area (Å²) in [6, 6.07) is 48.7. The molecule has 0 saturated heterocycles. The van der Waals surface area contributed by atoms with E-state index in [1.54, 1.807) is 0 Å². The summed E-state index contributed by atoms with van der Waals surface area (Å²) < 4.78 is 7.28. The van der Waals surface area contributed by atoms with Crippen LogP contribution in [0.2, 0.25) is 0 Å². The van der Waals surface area contributed by atoms with Crippen molar-refractivity contribution in [2.45, 2.75) is 56.1 Å². The van der Waals surface area contributed by atoms with Crippen LogP contribution in [0, 0.1) is 0 Å². The molecule has 8 nitrogen and oxygen atoms in total. The van der Waals surface area contributed by atoms with Gasteiger partial charge in [0, 0.05) is 19.0 Å². The Morgan fingerprint density at radius 2 is 1.15 bits per heavy atom. The third-order valence-corrected chi connectivity index (χ3v) is 9.74. The van der Waals surface area contributed by atoms with Crippen molar-refractivity contribution in [3.63, 3.8) is 0 Å². The number of aromatic nitrogens is 2. The summed E-state index contributed by atoms with van der Waals surface area (Å²) in [5.41, 5.74) is 5.38. The van der Waals surface area contributed by atoms with Crippen molar-refractivity contribution in [1.29, 1.82) is 0 Å². The Hall–Kier alpha value is -6.28. The van der Waals surface area contributed by atoms with Crippen molar-refractivity contribution < 1.29 is 19.1 Å². The number of benzene rings is 5. The molecular formula is C46H46N4O4. The summed E-state index contributed by atoms with van der Waals surface area (Å²) in [6.07, 6.45) is 6.45. The number of carbonyl (C=O) groups is 3. The predicted octanol–water partition coefficient (Wildman–Crippen LogP) is 7.06. The Morgan fingerprint density at radius 3 is 1.67 bits per heavy atom. The van der Waals surface area contributed by atoms with Crippen LogP contribution in [-0.4, -0.2) is 46.5 Å². The Kier molecular flexibility index (Phi) is 12.8. The zero-order valence-corrected chi connectivity index (χ0v) is 30.5. The number of carbonyl (C=O) groups excluding carboxylic acids is 3. The van der Waals surface area contributed by atoms with Crippen LogP contribution >= 0.6 is 0 Å². The molecule has 0 fully saturated rings. The number of rotatable bonds is 17. The SMILES string of the molecule is COC(=O)C(CCCc1cn(C(c2ccccc2)(c2ccccc2)c2ccccc2)cn1)NC(=O)[C@@H](Cc1ccccc1)NC(=O)CCc1ccccc1. The molecule has 274 valence electrons. The van der Waals surface area contributed by atoms with Gasteiger partial charge in [0.2, 0.25) is 11.8 Å². The third-order valence-electron chi connectivity index (χ3n) is 9.74. The maximum atomic E-state index is 13.8. The van der Waals surface area contributed by atoms with Gasteiger partial charge in [-0.05, 0) is 53.5 Å². The summed E-state index contributed by atoms with van der Waals surface area (Å²) in [5.74, 6) is -1.22. The lowest BCUT2D eigenvalue weighted by molar-refractivity contribution is -0.145. The predicted molar refractivity (Wildman–Crippen MR) is 211 cm³/mol. The van der Waals surface area contributed by atoms with E-state index in [2.05, 4.69) is 94.2 Å². The highest BCUT2D eigenvalue weighted by Gasteiger charge is 2.38. The maximum absolute atomic E-state index is 13.8. The number of aryl methyl sites for hydroxylation is 2. The molecule has 0 spiro atoms. The molecule has 1 heterocycles. The summed E-state index contributed by atoms with van der Waals surface area (Å²) in [4.78, 5) is 44.7. The van der Waals surface area contributed by atoms with Crippen LogP contribution in [0.15, 0.2) is 164 Å². The molecule has 6 rings (SSSR count). The number of hydrogen-bond acceptors (Lipinski definition) is 5. The van der Waals surface area contributed by atoms with E-state index in [-0.39, 0.29) is 18.7 Å². The van der Waals surface area contributed by atoms with Crippen LogP contribution in [-0.2, 0) is 43.9 Å². The number of nitrogens with zero attached hydrogens (tertiary/aromatic N) is 2. The van der Waals surface area contributed by atoms with Gasteiger partial charge in [0.05, 0.1) is 19.1 Å². The van der Waals surface area contributed by atoms with Gasteiger partial charge in [0.25, 0.3) is 0 Å². The highest BCUT2D eigenvalue weighted by Crippen LogP contribution is 2.40. The topological polar surface area (TPSA) is 102 Å². The lowest BCUT2D eigenvalue weighted by Gasteiger charge is -2.37. The Labute approximate surface area is 317 Å². The molecule has 0 radical (unpaired) electrons. The van der Waals surface area contributed by atoms with Crippen LogP contribution in [0.4, 0.5) is 0 Å². The van der Waals surface area contributed by atoms with Crippen molar-refractivity contribution in [3.05, 3.63) is 198 Å². The number of hydrogen-bond donors (Lipinski definition) is 2. The van der Waals surface area contributed by atoms with E-state index in [9.17, 15) is 14.4 Å². The third kappa shape index (κ3) is 9.19. The number of amides is 2. The van der Waals surface area contributed by atoms with E-state index in [0.29, 0.717) is 25.7 Å². The average molecular weight is 719 g/mol. The molecule has 0 aliphatic carbocycles. The Balaban J connectivity index is 1.18. The first kappa shape index (κ1) is 37.5. The van der Waals surface area contributed by atoms with Gasteiger partial charge in [-0.3, -0.25) is 9.59 Å². The molecule has 5 aromatic carbocycles. The van der Waals surface area contributed by atoms with Crippen LogP contribution in [0.25, 0.3) is 0 Å². The number of imidazole rings is 1. The number of esters is 1. The summed E-state index contributed by atoms with van der Waals surface area (Å²) >= 11 is 0. The van der Waals surface area contributed by atoms with E-state index >= 15 is 0 Å². The second-order valence-corrected chi connectivity index (χ2v) is 13.4. The van der Waals surface area contributed by atoms with Gasteiger partial charge in [0.1, 0.15) is 17.6 Å². The molecule has 2 amide bonds. The van der Waals surface area contributed by atoms with Crippen molar-refractivity contribution in [2.24, 2.45) is 0 Å². The van der Waals surface area contributed by atoms with E-state index in [0.717, 1.165) is 33.5 Å². The first-order valence-electron chi connectivity index (χ1n) is 18.4. The molecule has 54 heavy (non-hydrogen) atoms. The van der Waals surface area contributed by atoms with Gasteiger partial charge in [-0.1, -0.05) is 152 Å². The minimum Gasteiger partial charge on any atom is -0.467 e. The fourth-order valence-corrected chi connectivity index (χ4v) is 7.04. The van der Waals surface area contributed by atoms with E-state index in [1.165, 1.54) is 7.11 Å². The fraction of sp³-hybridized carbons (Fsp3) is 0.217. The van der Waals surface area contributed by atoms with Gasteiger partial charge in [0.15, 0.2) is 0 Å². The second kappa shape index (κ2) is 18.5. The van der Waals surface area contributed by atoms with Crippen molar-refractivity contribution in [3.8, 4) is 0 Å². The minimum absolute atomic E-state index is 0.232. The number of methoxy groups -OCH3 is 1. The first-order chi connectivity index (χ1) is 26.5. The van der Waals surface area contributed by atoms with Gasteiger partial charge >= 0.3 is 5.97 Å². The zero-order chi connectivity index (χ0) is 37.6. The summed E-state index contributed by atoms with van der Waals surface area (Å²) in [7, 11) is 1.31. The molecule has 0 saturated carbocycles. The molecular weight excluding hydrogens is 673 g/mol. The van der Waals surface area contributed by atoms with Crippen LogP contribution in [0.3, 0.4) is 0 Å². The second-order valence-electron chi connectivity index (χ2n) is 13.4. The molecule has 0 aliphatic heterocycles. The van der Waals surface area contributed by atoms with E-state index < -0.39 is 29.5 Å². The fourth-order valence-electron chi connectivity index (χ4n) is 7.04. The quantitative estimate of drug-likeness (QED) is 0.0777. The summed E-state index contributed by atoms with van der Waals surface area (Å²) in [6.45, 7) is 0. The van der Waals surface area contributed by atoms with E-state index in [1.807, 2.05) is 85.2 Å². The molecule has 8 heteroatoms. The van der Waals surface area contributed by atoms with Crippen molar-refractivity contribution in [2.75, 3.05) is 7.11 Å². The highest BCUT2D eigenvalue weighted by molar-refractivity contribution is 5.91. The highest BCUT2D eigenvalue weighted by atomic mass is 16.5.